The zero-order valence-corrected chi connectivity index (χ0v) is 14.4. The summed E-state index contributed by atoms with van der Waals surface area (Å²) in [5, 5.41) is 12.4. The molecule has 120 valence electrons. The van der Waals surface area contributed by atoms with Crippen LogP contribution in [0.3, 0.4) is 0 Å². The highest BCUT2D eigenvalue weighted by atomic mass is 79.9. The van der Waals surface area contributed by atoms with Crippen LogP contribution in [0.2, 0.25) is 0 Å². The van der Waals surface area contributed by atoms with Crippen LogP contribution in [0.5, 0.6) is 0 Å². The fourth-order valence-electron chi connectivity index (χ4n) is 2.09. The molecule has 3 rings (SSSR count). The van der Waals surface area contributed by atoms with Crippen molar-refractivity contribution < 1.29 is 35.8 Å². The number of imidazole rings is 1. The molecule has 1 N–H and O–H groups in total. The van der Waals surface area contributed by atoms with E-state index in [4.69, 9.17) is 4.74 Å². The van der Waals surface area contributed by atoms with E-state index in [0.717, 1.165) is 16.2 Å². The quantitative estimate of drug-likeness (QED) is 0.280. The predicted molar refractivity (Wildman–Crippen MR) is 79.9 cm³/mol. The number of thiazole rings is 1. The minimum atomic E-state index is -0.440. The number of nitro benzene ring substituents is 1. The third-order valence-corrected chi connectivity index (χ3v) is 4.00. The van der Waals surface area contributed by atoms with Crippen LogP contribution in [0.4, 0.5) is 5.69 Å². The number of halogens is 1. The van der Waals surface area contributed by atoms with E-state index < -0.39 is 4.92 Å². The van der Waals surface area contributed by atoms with E-state index in [1.165, 1.54) is 23.5 Å². The number of rotatable bonds is 4. The molecule has 9 heteroatoms. The zero-order valence-electron chi connectivity index (χ0n) is 12.0. The molecule has 7 nitrogen and oxygen atoms in total. The van der Waals surface area contributed by atoms with Gasteiger partial charge in [0.1, 0.15) is 6.20 Å². The molecule has 0 aliphatic rings. The maximum atomic E-state index is 11.9. The van der Waals surface area contributed by atoms with Crippen LogP contribution in [0, 0.1) is 10.1 Å². The minimum Gasteiger partial charge on any atom is -1.00 e. The predicted octanol–water partition coefficient (Wildman–Crippen LogP) is -0.429. The van der Waals surface area contributed by atoms with Gasteiger partial charge in [-0.2, -0.15) is 4.40 Å². The van der Waals surface area contributed by atoms with Gasteiger partial charge in [0.2, 0.25) is 5.69 Å². The summed E-state index contributed by atoms with van der Waals surface area (Å²) in [4.78, 5) is 26.1. The fourth-order valence-corrected chi connectivity index (χ4v) is 2.96. The zero-order chi connectivity index (χ0) is 15.7. The Morgan fingerprint density at radius 3 is 2.70 bits per heavy atom. The number of hydrogen-bond acceptors (Lipinski definition) is 5. The van der Waals surface area contributed by atoms with E-state index in [9.17, 15) is 14.9 Å². The molecule has 2 heterocycles. The third-order valence-electron chi connectivity index (χ3n) is 3.13. The van der Waals surface area contributed by atoms with Crippen molar-refractivity contribution in [2.24, 2.45) is 0 Å². The summed E-state index contributed by atoms with van der Waals surface area (Å²) < 4.78 is 6.73. The number of carbonyl (C=O) groups excluding carboxylic acids is 1. The summed E-state index contributed by atoms with van der Waals surface area (Å²) in [7, 11) is 0. The fraction of sp³-hybridized carbons (Fsp3) is 0.143. The normalized spacial score (nSPS) is 10.3. The lowest BCUT2D eigenvalue weighted by Crippen LogP contribution is -3.00. The van der Waals surface area contributed by atoms with Gasteiger partial charge in [0.15, 0.2) is 5.69 Å². The van der Waals surface area contributed by atoms with Crippen LogP contribution in [0.25, 0.3) is 16.2 Å². The van der Waals surface area contributed by atoms with Gasteiger partial charge < -0.3 is 21.7 Å². The summed E-state index contributed by atoms with van der Waals surface area (Å²) >= 11 is 1.39. The number of nitro groups is 1. The number of ether oxygens (including phenoxy) is 1. The van der Waals surface area contributed by atoms with Crippen molar-refractivity contribution in [1.29, 1.82) is 0 Å². The largest absolute Gasteiger partial charge is 1.00 e. The molecule has 0 amide bonds. The third kappa shape index (κ3) is 3.25. The lowest BCUT2D eigenvalue weighted by Gasteiger charge is -1.95. The molecule has 0 bridgehead atoms. The van der Waals surface area contributed by atoms with Crippen molar-refractivity contribution in [3.8, 4) is 11.3 Å². The van der Waals surface area contributed by atoms with Crippen LogP contribution in [0.15, 0.2) is 35.8 Å². The maximum absolute atomic E-state index is 11.9. The first kappa shape index (κ1) is 17.1. The van der Waals surface area contributed by atoms with Gasteiger partial charge in [0, 0.05) is 17.7 Å². The van der Waals surface area contributed by atoms with Crippen molar-refractivity contribution >= 4 is 28.0 Å². The molecule has 0 aliphatic carbocycles. The summed E-state index contributed by atoms with van der Waals surface area (Å²) in [5.74, 6) is -0.381. The number of non-ortho nitro benzene ring substituents is 1. The molecule has 3 aromatic rings. The first-order valence-corrected chi connectivity index (χ1v) is 7.42. The van der Waals surface area contributed by atoms with E-state index in [0.29, 0.717) is 12.3 Å². The molecular weight excluding hydrogens is 386 g/mol. The van der Waals surface area contributed by atoms with E-state index in [1.807, 2.05) is 0 Å². The van der Waals surface area contributed by atoms with Gasteiger partial charge in [-0.15, -0.1) is 0 Å². The molecule has 23 heavy (non-hydrogen) atoms. The number of nitrogens with one attached hydrogen (secondary N) is 1. The van der Waals surface area contributed by atoms with Crippen LogP contribution in [0.1, 0.15) is 17.4 Å². The average Bonchev–Trinajstić information content (AvgIpc) is 3.07. The number of nitrogens with zero attached hydrogens (tertiary/aromatic N) is 2. The van der Waals surface area contributed by atoms with Gasteiger partial charge in [0.25, 0.3) is 5.69 Å². The SMILES string of the molecule is CCOC(=O)c1csc2[nH]c(-c3ccc([N+](=O)[O-])cc3)c[n+]12.[Br-]. The lowest BCUT2D eigenvalue weighted by molar-refractivity contribution is -0.508. The first-order chi connectivity index (χ1) is 10.6. The molecule has 0 aliphatic heterocycles. The van der Waals surface area contributed by atoms with Crippen molar-refractivity contribution in [2.45, 2.75) is 6.92 Å². The number of hydrogen-bond donors (Lipinski definition) is 1. The van der Waals surface area contributed by atoms with Crippen LogP contribution in [-0.4, -0.2) is 22.5 Å². The second-order valence-electron chi connectivity index (χ2n) is 4.49. The van der Waals surface area contributed by atoms with Crippen molar-refractivity contribution in [3.63, 3.8) is 0 Å². The molecule has 0 saturated heterocycles. The number of benzene rings is 1. The van der Waals surface area contributed by atoms with Crippen LogP contribution in [-0.2, 0) is 4.74 Å². The first-order valence-electron chi connectivity index (χ1n) is 6.54. The molecule has 0 radical (unpaired) electrons. The molecule has 0 unspecified atom stereocenters. The molecule has 0 atom stereocenters. The number of fused-ring (bicyclic) bond motifs is 1. The molecule has 0 spiro atoms. The van der Waals surface area contributed by atoms with Crippen LogP contribution < -0.4 is 21.4 Å². The van der Waals surface area contributed by atoms with E-state index in [1.54, 1.807) is 35.0 Å². The Bertz CT molecular complexity index is 857. The Labute approximate surface area is 145 Å². The highest BCUT2D eigenvalue weighted by Gasteiger charge is 2.22. The smallest absolute Gasteiger partial charge is 0.379 e. The van der Waals surface area contributed by atoms with Crippen molar-refractivity contribution in [2.75, 3.05) is 6.61 Å². The van der Waals surface area contributed by atoms with Gasteiger partial charge in [-0.3, -0.25) is 10.1 Å². The van der Waals surface area contributed by atoms with Crippen LogP contribution >= 0.6 is 11.3 Å². The van der Waals surface area contributed by atoms with Gasteiger partial charge in [-0.25, -0.2) is 9.78 Å². The number of esters is 1. The number of aromatic amines is 1. The van der Waals surface area contributed by atoms with E-state index in [2.05, 4.69) is 4.98 Å². The van der Waals surface area contributed by atoms with Gasteiger partial charge in [-0.05, 0) is 19.1 Å². The second kappa shape index (κ2) is 6.88. The van der Waals surface area contributed by atoms with Gasteiger partial charge in [-0.1, -0.05) is 11.3 Å². The summed E-state index contributed by atoms with van der Waals surface area (Å²) in [6.45, 7) is 2.07. The average molecular weight is 398 g/mol. The molecule has 0 fully saturated rings. The van der Waals surface area contributed by atoms with Crippen molar-refractivity contribution in [1.82, 2.24) is 4.98 Å². The Morgan fingerprint density at radius 1 is 1.39 bits per heavy atom. The summed E-state index contributed by atoms with van der Waals surface area (Å²) in [5.41, 5.74) is 2.06. The lowest BCUT2D eigenvalue weighted by atomic mass is 10.1. The molecule has 1 aromatic carbocycles. The summed E-state index contributed by atoms with van der Waals surface area (Å²) in [6, 6.07) is 6.22. The number of aromatic nitrogens is 2. The minimum absolute atomic E-state index is 0. The Hall–Kier alpha value is -2.26. The number of H-pyrrole nitrogens is 1. The Kier molecular flexibility index (Phi) is 5.12. The molecule has 0 saturated carbocycles. The standard InChI is InChI=1S/C14H11N3O4S.BrH/c1-2-21-13(18)12-8-22-14-15-11(7-16(12)14)9-3-5-10(6-4-9)17(19)20;/h3-8H,2H2,1H3;1H. The maximum Gasteiger partial charge on any atom is 0.379 e. The topological polar surface area (TPSA) is 89.3 Å². The Morgan fingerprint density at radius 2 is 2.09 bits per heavy atom. The highest BCUT2D eigenvalue weighted by molar-refractivity contribution is 7.14. The Balaban J connectivity index is 0.00000192. The van der Waals surface area contributed by atoms with Gasteiger partial charge >= 0.3 is 10.9 Å². The van der Waals surface area contributed by atoms with E-state index >= 15 is 0 Å². The van der Waals surface area contributed by atoms with E-state index in [-0.39, 0.29) is 28.6 Å². The monoisotopic (exact) mass is 397 g/mol. The highest BCUT2D eigenvalue weighted by Crippen LogP contribution is 2.22. The second-order valence-corrected chi connectivity index (χ2v) is 5.35. The van der Waals surface area contributed by atoms with Gasteiger partial charge in [0.05, 0.1) is 16.9 Å². The molecule has 2 aromatic heterocycles. The number of carbonyl (C=O) groups is 1. The van der Waals surface area contributed by atoms with Crippen molar-refractivity contribution in [3.05, 3.63) is 51.7 Å². The summed E-state index contributed by atoms with van der Waals surface area (Å²) in [6.07, 6.45) is 1.78. The molecular formula is C14H12BrN3O4S.